The number of hydrogen-bond donors (Lipinski definition) is 1. The summed E-state index contributed by atoms with van der Waals surface area (Å²) in [7, 11) is 0. The quantitative estimate of drug-likeness (QED) is 0.336. The van der Waals surface area contributed by atoms with Gasteiger partial charge in [0.15, 0.2) is 17.1 Å². The summed E-state index contributed by atoms with van der Waals surface area (Å²) >= 11 is 7.40. The SMILES string of the molecule is Cc1ccc(Cl)cc1NC(=O)CSc1nnc(C(C)Oc2ccc(C(C)C)cc2)n1C(C)C. The monoisotopic (exact) mass is 486 g/mol. The summed E-state index contributed by atoms with van der Waals surface area (Å²) < 4.78 is 8.17. The molecule has 0 spiro atoms. The Labute approximate surface area is 205 Å². The second-order valence-corrected chi connectivity index (χ2v) is 9.96. The number of anilines is 1. The molecule has 1 N–H and O–H groups in total. The van der Waals surface area contributed by atoms with Crippen molar-refractivity contribution in [1.29, 1.82) is 0 Å². The number of halogens is 1. The first kappa shape index (κ1) is 25.1. The molecule has 1 heterocycles. The molecule has 0 radical (unpaired) electrons. The van der Waals surface area contributed by atoms with Gasteiger partial charge in [-0.05, 0) is 69.0 Å². The van der Waals surface area contributed by atoms with E-state index in [1.165, 1.54) is 17.3 Å². The van der Waals surface area contributed by atoms with E-state index >= 15 is 0 Å². The van der Waals surface area contributed by atoms with E-state index in [1.807, 2.05) is 36.6 Å². The van der Waals surface area contributed by atoms with Crippen molar-refractivity contribution < 1.29 is 9.53 Å². The van der Waals surface area contributed by atoms with Crippen molar-refractivity contribution >= 4 is 35.0 Å². The Morgan fingerprint density at radius 2 is 1.79 bits per heavy atom. The fourth-order valence-corrected chi connectivity index (χ4v) is 4.43. The van der Waals surface area contributed by atoms with Gasteiger partial charge in [0.25, 0.3) is 0 Å². The molecule has 0 aliphatic heterocycles. The molecule has 0 bridgehead atoms. The van der Waals surface area contributed by atoms with Crippen LogP contribution in [-0.4, -0.2) is 26.4 Å². The zero-order chi connectivity index (χ0) is 24.1. The highest BCUT2D eigenvalue weighted by Gasteiger charge is 2.22. The number of rotatable bonds is 9. The first-order valence-electron chi connectivity index (χ1n) is 11.1. The summed E-state index contributed by atoms with van der Waals surface area (Å²) in [6.45, 7) is 12.4. The third-order valence-electron chi connectivity index (χ3n) is 5.24. The first-order valence-corrected chi connectivity index (χ1v) is 12.4. The minimum Gasteiger partial charge on any atom is -0.483 e. The third-order valence-corrected chi connectivity index (χ3v) is 6.41. The molecule has 0 saturated carbocycles. The summed E-state index contributed by atoms with van der Waals surface area (Å²) in [6, 6.07) is 13.7. The third kappa shape index (κ3) is 6.51. The molecule has 0 fully saturated rings. The van der Waals surface area contributed by atoms with Gasteiger partial charge < -0.3 is 14.6 Å². The topological polar surface area (TPSA) is 69.0 Å². The van der Waals surface area contributed by atoms with E-state index < -0.39 is 0 Å². The minimum absolute atomic E-state index is 0.116. The van der Waals surface area contributed by atoms with Crippen LogP contribution >= 0.6 is 23.4 Å². The normalized spacial score (nSPS) is 12.3. The first-order chi connectivity index (χ1) is 15.7. The zero-order valence-corrected chi connectivity index (χ0v) is 21.5. The minimum atomic E-state index is -0.290. The van der Waals surface area contributed by atoms with Gasteiger partial charge in [-0.25, -0.2) is 0 Å². The lowest BCUT2D eigenvalue weighted by Gasteiger charge is -2.19. The van der Waals surface area contributed by atoms with Gasteiger partial charge in [-0.3, -0.25) is 4.79 Å². The smallest absolute Gasteiger partial charge is 0.234 e. The van der Waals surface area contributed by atoms with Crippen molar-refractivity contribution in [1.82, 2.24) is 14.8 Å². The molecule has 1 amide bonds. The van der Waals surface area contributed by atoms with Crippen LogP contribution in [0, 0.1) is 6.92 Å². The van der Waals surface area contributed by atoms with Crippen LogP contribution in [0.15, 0.2) is 47.6 Å². The average molecular weight is 487 g/mol. The Bertz CT molecular complexity index is 1100. The molecule has 0 aliphatic carbocycles. The number of benzene rings is 2. The van der Waals surface area contributed by atoms with Gasteiger partial charge in [-0.2, -0.15) is 0 Å². The predicted molar refractivity (Wildman–Crippen MR) is 136 cm³/mol. The molecule has 1 atom stereocenters. The van der Waals surface area contributed by atoms with Gasteiger partial charge >= 0.3 is 0 Å². The molecule has 1 aromatic heterocycles. The van der Waals surface area contributed by atoms with Crippen LogP contribution < -0.4 is 10.1 Å². The van der Waals surface area contributed by atoms with Crippen molar-refractivity contribution in [2.75, 3.05) is 11.1 Å². The maximum atomic E-state index is 12.5. The van der Waals surface area contributed by atoms with E-state index in [0.717, 1.165) is 17.1 Å². The molecule has 0 saturated heterocycles. The molecule has 0 aliphatic rings. The Morgan fingerprint density at radius 1 is 1.09 bits per heavy atom. The number of nitrogens with one attached hydrogen (secondary N) is 1. The zero-order valence-electron chi connectivity index (χ0n) is 19.9. The van der Waals surface area contributed by atoms with Crippen LogP contribution in [0.1, 0.15) is 69.6 Å². The van der Waals surface area contributed by atoms with Crippen molar-refractivity contribution in [3.63, 3.8) is 0 Å². The number of carbonyl (C=O) groups is 1. The van der Waals surface area contributed by atoms with Gasteiger partial charge in [0.05, 0.1) is 5.75 Å². The van der Waals surface area contributed by atoms with E-state index in [2.05, 4.69) is 55.3 Å². The summed E-state index contributed by atoms with van der Waals surface area (Å²) in [5.74, 6) is 2.07. The van der Waals surface area contributed by atoms with Crippen LogP contribution in [0.4, 0.5) is 5.69 Å². The van der Waals surface area contributed by atoms with E-state index in [0.29, 0.717) is 21.8 Å². The highest BCUT2D eigenvalue weighted by molar-refractivity contribution is 7.99. The highest BCUT2D eigenvalue weighted by atomic mass is 35.5. The molecule has 176 valence electrons. The van der Waals surface area contributed by atoms with Gasteiger partial charge in [-0.15, -0.1) is 10.2 Å². The van der Waals surface area contributed by atoms with E-state index in [4.69, 9.17) is 16.3 Å². The second kappa shape index (κ2) is 11.1. The van der Waals surface area contributed by atoms with Gasteiger partial charge in [-0.1, -0.05) is 55.4 Å². The number of hydrogen-bond acceptors (Lipinski definition) is 5. The fraction of sp³-hybridized carbons (Fsp3) is 0.400. The summed E-state index contributed by atoms with van der Waals surface area (Å²) in [5.41, 5.74) is 2.94. The van der Waals surface area contributed by atoms with Crippen molar-refractivity contribution in [2.24, 2.45) is 0 Å². The summed E-state index contributed by atoms with van der Waals surface area (Å²) in [6.07, 6.45) is -0.290. The van der Waals surface area contributed by atoms with E-state index in [-0.39, 0.29) is 23.8 Å². The molecule has 1 unspecified atom stereocenters. The predicted octanol–water partition coefficient (Wildman–Crippen LogP) is 6.82. The van der Waals surface area contributed by atoms with E-state index in [9.17, 15) is 4.79 Å². The average Bonchev–Trinajstić information content (AvgIpc) is 3.20. The van der Waals surface area contributed by atoms with Gasteiger partial charge in [0.2, 0.25) is 5.91 Å². The molecule has 2 aromatic carbocycles. The summed E-state index contributed by atoms with van der Waals surface area (Å²) in [4.78, 5) is 12.5. The number of aryl methyl sites for hydroxylation is 1. The maximum Gasteiger partial charge on any atom is 0.234 e. The second-order valence-electron chi connectivity index (χ2n) is 8.58. The molecular weight excluding hydrogens is 456 g/mol. The maximum absolute atomic E-state index is 12.5. The van der Waals surface area contributed by atoms with Gasteiger partial charge in [0, 0.05) is 16.8 Å². The van der Waals surface area contributed by atoms with Crippen LogP contribution in [0.2, 0.25) is 5.02 Å². The number of nitrogens with zero attached hydrogens (tertiary/aromatic N) is 3. The fourth-order valence-electron chi connectivity index (χ4n) is 3.38. The van der Waals surface area contributed by atoms with Crippen LogP contribution in [0.5, 0.6) is 5.75 Å². The van der Waals surface area contributed by atoms with Crippen molar-refractivity contribution in [3.8, 4) is 5.75 Å². The molecular formula is C25H31ClN4O2S. The molecule has 33 heavy (non-hydrogen) atoms. The summed E-state index contributed by atoms with van der Waals surface area (Å²) in [5, 5.41) is 12.9. The number of thioether (sulfide) groups is 1. The lowest BCUT2D eigenvalue weighted by Crippen LogP contribution is -2.17. The lowest BCUT2D eigenvalue weighted by molar-refractivity contribution is -0.113. The Hall–Kier alpha value is -2.51. The molecule has 6 nitrogen and oxygen atoms in total. The number of aromatic nitrogens is 3. The van der Waals surface area contributed by atoms with Crippen molar-refractivity contribution in [3.05, 3.63) is 64.4 Å². The largest absolute Gasteiger partial charge is 0.483 e. The number of ether oxygens (including phenoxy) is 1. The van der Waals surface area contributed by atoms with Crippen LogP contribution in [-0.2, 0) is 4.79 Å². The van der Waals surface area contributed by atoms with Gasteiger partial charge in [0.1, 0.15) is 5.75 Å². The Morgan fingerprint density at radius 3 is 2.42 bits per heavy atom. The Balaban J connectivity index is 1.68. The highest BCUT2D eigenvalue weighted by Crippen LogP contribution is 2.29. The molecule has 8 heteroatoms. The standard InChI is InChI=1S/C25H31ClN4O2S/c1-15(2)19-8-11-21(12-9-19)32-18(6)24-28-29-25(30(24)16(3)4)33-14-23(31)27-22-13-20(26)10-7-17(22)5/h7-13,15-16,18H,14H2,1-6H3,(H,27,31). The van der Waals surface area contributed by atoms with Crippen molar-refractivity contribution in [2.45, 2.75) is 64.8 Å². The number of amides is 1. The van der Waals surface area contributed by atoms with Crippen LogP contribution in [0.25, 0.3) is 0 Å². The number of carbonyl (C=O) groups excluding carboxylic acids is 1. The molecule has 3 aromatic rings. The Kier molecular flexibility index (Phi) is 8.43. The molecule has 3 rings (SSSR count). The van der Waals surface area contributed by atoms with E-state index in [1.54, 1.807) is 12.1 Å². The van der Waals surface area contributed by atoms with Crippen LogP contribution in [0.3, 0.4) is 0 Å². The lowest BCUT2D eigenvalue weighted by atomic mass is 10.0.